The smallest absolute Gasteiger partial charge is 0.221 e. The normalized spacial score (nSPS) is 12.2. The van der Waals surface area contributed by atoms with Gasteiger partial charge in [0.05, 0.1) is 6.04 Å². The van der Waals surface area contributed by atoms with E-state index in [2.05, 4.69) is 63.3 Å². The molecule has 0 unspecified atom stereocenters. The van der Waals surface area contributed by atoms with Crippen LogP contribution in [0.4, 0.5) is 0 Å². The van der Waals surface area contributed by atoms with Crippen LogP contribution in [0.2, 0.25) is 0 Å². The highest BCUT2D eigenvalue weighted by atomic mass is 16.1. The second kappa shape index (κ2) is 7.26. The summed E-state index contributed by atoms with van der Waals surface area (Å²) in [6, 6.07) is 16.5. The van der Waals surface area contributed by atoms with Crippen LogP contribution in [0.3, 0.4) is 0 Å². The molecule has 2 nitrogen and oxygen atoms in total. The molecule has 1 atom stereocenters. The minimum Gasteiger partial charge on any atom is -0.345 e. The monoisotopic (exact) mass is 295 g/mol. The number of benzene rings is 2. The van der Waals surface area contributed by atoms with E-state index in [9.17, 15) is 4.79 Å². The first-order valence-electron chi connectivity index (χ1n) is 7.89. The lowest BCUT2D eigenvalue weighted by atomic mass is 9.95. The molecular weight excluding hydrogens is 270 g/mol. The lowest BCUT2D eigenvalue weighted by Crippen LogP contribution is -2.30. The number of amides is 1. The second-order valence-corrected chi connectivity index (χ2v) is 6.35. The van der Waals surface area contributed by atoms with Gasteiger partial charge in [0.2, 0.25) is 5.91 Å². The molecule has 2 heteroatoms. The zero-order valence-corrected chi connectivity index (χ0v) is 13.9. The minimum absolute atomic E-state index is 0.0910. The third-order valence-corrected chi connectivity index (χ3v) is 3.90. The van der Waals surface area contributed by atoms with Crippen LogP contribution in [0, 0.1) is 19.8 Å². The Balaban J connectivity index is 2.33. The molecule has 2 aromatic rings. The van der Waals surface area contributed by atoms with Gasteiger partial charge in [-0.15, -0.1) is 0 Å². The van der Waals surface area contributed by atoms with Crippen LogP contribution >= 0.6 is 0 Å². The molecule has 0 fully saturated rings. The molecule has 0 heterocycles. The fourth-order valence-corrected chi connectivity index (χ4v) is 2.54. The van der Waals surface area contributed by atoms with E-state index in [1.807, 2.05) is 18.2 Å². The Kier molecular flexibility index (Phi) is 5.37. The van der Waals surface area contributed by atoms with Gasteiger partial charge in [-0.2, -0.15) is 0 Å². The minimum atomic E-state index is -0.0910. The fourth-order valence-electron chi connectivity index (χ4n) is 2.54. The van der Waals surface area contributed by atoms with E-state index < -0.39 is 0 Å². The van der Waals surface area contributed by atoms with E-state index >= 15 is 0 Å². The number of carbonyl (C=O) groups is 1. The molecule has 2 rings (SSSR count). The van der Waals surface area contributed by atoms with Gasteiger partial charge in [-0.05, 0) is 42.0 Å². The topological polar surface area (TPSA) is 29.1 Å². The molecule has 2 aromatic carbocycles. The first-order chi connectivity index (χ1) is 10.5. The van der Waals surface area contributed by atoms with Crippen molar-refractivity contribution in [3.8, 4) is 0 Å². The summed E-state index contributed by atoms with van der Waals surface area (Å²) < 4.78 is 0. The van der Waals surface area contributed by atoms with E-state index in [-0.39, 0.29) is 11.9 Å². The summed E-state index contributed by atoms with van der Waals surface area (Å²) in [6.07, 6.45) is 0.550. The molecule has 0 aliphatic heterocycles. The van der Waals surface area contributed by atoms with Crippen molar-refractivity contribution in [3.05, 3.63) is 70.8 Å². The van der Waals surface area contributed by atoms with Crippen LogP contribution in [0.25, 0.3) is 0 Å². The van der Waals surface area contributed by atoms with Gasteiger partial charge in [0.25, 0.3) is 0 Å². The first kappa shape index (κ1) is 16.3. The summed E-state index contributed by atoms with van der Waals surface area (Å²) in [5.41, 5.74) is 4.76. The van der Waals surface area contributed by atoms with Crippen molar-refractivity contribution in [2.45, 2.75) is 40.2 Å². The summed E-state index contributed by atoms with van der Waals surface area (Å²) in [4.78, 5) is 12.3. The summed E-state index contributed by atoms with van der Waals surface area (Å²) in [5, 5.41) is 3.19. The Hall–Kier alpha value is -2.09. The predicted octanol–water partition coefficient (Wildman–Crippen LogP) is 4.56. The third-order valence-electron chi connectivity index (χ3n) is 3.90. The van der Waals surface area contributed by atoms with E-state index in [4.69, 9.17) is 0 Å². The van der Waals surface area contributed by atoms with Crippen LogP contribution in [0.15, 0.2) is 48.5 Å². The van der Waals surface area contributed by atoms with Crippen LogP contribution in [-0.2, 0) is 4.79 Å². The quantitative estimate of drug-likeness (QED) is 0.861. The number of nitrogens with one attached hydrogen (secondary N) is 1. The van der Waals surface area contributed by atoms with Crippen LogP contribution < -0.4 is 5.32 Å². The van der Waals surface area contributed by atoms with Gasteiger partial charge in [0, 0.05) is 6.42 Å². The van der Waals surface area contributed by atoms with Gasteiger partial charge in [-0.1, -0.05) is 62.4 Å². The largest absolute Gasteiger partial charge is 0.345 e. The van der Waals surface area contributed by atoms with E-state index in [0.29, 0.717) is 12.3 Å². The van der Waals surface area contributed by atoms with Gasteiger partial charge in [-0.25, -0.2) is 0 Å². The number of hydrogen-bond acceptors (Lipinski definition) is 1. The molecule has 116 valence electrons. The van der Waals surface area contributed by atoms with Crippen molar-refractivity contribution in [1.29, 1.82) is 0 Å². The second-order valence-electron chi connectivity index (χ2n) is 6.35. The molecule has 0 bridgehead atoms. The Morgan fingerprint density at radius 3 is 2.23 bits per heavy atom. The number of carbonyl (C=O) groups excluding carboxylic acids is 1. The van der Waals surface area contributed by atoms with Gasteiger partial charge >= 0.3 is 0 Å². The summed E-state index contributed by atoms with van der Waals surface area (Å²) in [6.45, 7) is 8.34. The maximum Gasteiger partial charge on any atom is 0.221 e. The van der Waals surface area contributed by atoms with E-state index in [1.54, 1.807) is 0 Å². The van der Waals surface area contributed by atoms with Crippen molar-refractivity contribution in [3.63, 3.8) is 0 Å². The summed E-state index contributed by atoms with van der Waals surface area (Å²) in [7, 11) is 0. The highest BCUT2D eigenvalue weighted by Crippen LogP contribution is 2.24. The van der Waals surface area contributed by atoms with Crippen molar-refractivity contribution < 1.29 is 4.79 Å². The Bertz CT molecular complexity index is 631. The molecule has 0 saturated heterocycles. The number of aryl methyl sites for hydroxylation is 2. The van der Waals surface area contributed by atoms with Gasteiger partial charge in [0.1, 0.15) is 0 Å². The molecule has 1 amide bonds. The molecule has 0 radical (unpaired) electrons. The van der Waals surface area contributed by atoms with Crippen LogP contribution in [0.5, 0.6) is 0 Å². The third kappa shape index (κ3) is 4.20. The van der Waals surface area contributed by atoms with Crippen LogP contribution in [0.1, 0.15) is 48.6 Å². The van der Waals surface area contributed by atoms with E-state index in [1.165, 1.54) is 11.1 Å². The molecule has 22 heavy (non-hydrogen) atoms. The lowest BCUT2D eigenvalue weighted by molar-refractivity contribution is -0.122. The lowest BCUT2D eigenvalue weighted by Gasteiger charge is -2.21. The fraction of sp³-hybridized carbons (Fsp3) is 0.350. The average Bonchev–Trinajstić information content (AvgIpc) is 2.48. The molecule has 0 saturated carbocycles. The first-order valence-corrected chi connectivity index (χ1v) is 7.89. The molecule has 1 N–H and O–H groups in total. The van der Waals surface area contributed by atoms with Gasteiger partial charge in [0.15, 0.2) is 0 Å². The zero-order valence-electron chi connectivity index (χ0n) is 13.9. The van der Waals surface area contributed by atoms with Crippen LogP contribution in [-0.4, -0.2) is 5.91 Å². The highest BCUT2D eigenvalue weighted by molar-refractivity contribution is 5.77. The number of rotatable bonds is 5. The van der Waals surface area contributed by atoms with Crippen molar-refractivity contribution in [1.82, 2.24) is 5.32 Å². The number of hydrogen-bond donors (Lipinski definition) is 1. The van der Waals surface area contributed by atoms with E-state index in [0.717, 1.165) is 11.1 Å². The molecule has 0 aliphatic rings. The maximum atomic E-state index is 12.3. The Labute approximate surface area is 133 Å². The standard InChI is InChI=1S/C20H25NO/c1-14(2)12-19(22)21-20(17-8-6-5-7-9-17)18-11-10-15(3)16(4)13-18/h5-11,13-14,20H,12H2,1-4H3,(H,21,22)/t20-/m1/s1. The summed E-state index contributed by atoms with van der Waals surface area (Å²) in [5.74, 6) is 0.457. The van der Waals surface area contributed by atoms with Crippen molar-refractivity contribution >= 4 is 5.91 Å². The Morgan fingerprint density at radius 1 is 0.955 bits per heavy atom. The molecular formula is C20H25NO. The predicted molar refractivity (Wildman–Crippen MR) is 91.8 cm³/mol. The average molecular weight is 295 g/mol. The van der Waals surface area contributed by atoms with Gasteiger partial charge < -0.3 is 5.32 Å². The van der Waals surface area contributed by atoms with Gasteiger partial charge in [-0.3, -0.25) is 4.79 Å². The maximum absolute atomic E-state index is 12.3. The molecule has 0 aromatic heterocycles. The highest BCUT2D eigenvalue weighted by Gasteiger charge is 2.17. The van der Waals surface area contributed by atoms with Crippen molar-refractivity contribution in [2.75, 3.05) is 0 Å². The molecule has 0 spiro atoms. The van der Waals surface area contributed by atoms with Crippen molar-refractivity contribution in [2.24, 2.45) is 5.92 Å². The molecule has 0 aliphatic carbocycles. The zero-order chi connectivity index (χ0) is 16.1. The summed E-state index contributed by atoms with van der Waals surface area (Å²) >= 11 is 0. The SMILES string of the molecule is Cc1ccc([C@H](NC(=O)CC(C)C)c2ccccc2)cc1C. The Morgan fingerprint density at radius 2 is 1.64 bits per heavy atom.